The minimum Gasteiger partial charge on any atom is -0.495 e. The van der Waals surface area contributed by atoms with Gasteiger partial charge in [-0.05, 0) is 46.2 Å². The summed E-state index contributed by atoms with van der Waals surface area (Å²) < 4.78 is 11.1. The molecule has 0 fully saturated rings. The first-order valence-corrected chi connectivity index (χ1v) is 10.9. The van der Waals surface area contributed by atoms with E-state index in [2.05, 4.69) is 23.5 Å². The molecule has 0 aliphatic carbocycles. The van der Waals surface area contributed by atoms with Crippen LogP contribution < -0.4 is 14.8 Å². The number of nitrogens with zero attached hydrogens (tertiary/aromatic N) is 2. The highest BCUT2D eigenvalue weighted by Gasteiger charge is 2.16. The number of hydrogen-bond acceptors (Lipinski definition) is 6. The number of carbonyl (C=O) groups excluding carboxylic acids is 1. The van der Waals surface area contributed by atoms with Crippen molar-refractivity contribution >= 4 is 34.1 Å². The Morgan fingerprint density at radius 2 is 1.81 bits per heavy atom. The van der Waals surface area contributed by atoms with Crippen molar-refractivity contribution in [2.24, 2.45) is 0 Å². The molecule has 0 aliphatic heterocycles. The standard InChI is InChI=1S/C28H21N3O5/c1-35-27-14-11-23(31(33)34)16-26(27)30-28(32)22(17-29)15-19-9-12-24(13-10-19)36-18-21-7-4-6-20-5-2-3-8-25(20)21/h2-16H,18H2,1H3,(H,30,32)/b22-15+. The van der Waals surface area contributed by atoms with E-state index in [1.165, 1.54) is 31.4 Å². The second kappa shape index (κ2) is 10.8. The molecule has 0 aliphatic rings. The van der Waals surface area contributed by atoms with Crippen LogP contribution in [0.4, 0.5) is 11.4 Å². The van der Waals surface area contributed by atoms with Crippen molar-refractivity contribution in [3.05, 3.63) is 112 Å². The van der Waals surface area contributed by atoms with Crippen LogP contribution in [-0.2, 0) is 11.4 Å². The molecule has 0 saturated heterocycles. The van der Waals surface area contributed by atoms with E-state index in [9.17, 15) is 20.2 Å². The number of hydrogen-bond donors (Lipinski definition) is 1. The summed E-state index contributed by atoms with van der Waals surface area (Å²) >= 11 is 0. The summed E-state index contributed by atoms with van der Waals surface area (Å²) in [6, 6.07) is 26.8. The summed E-state index contributed by atoms with van der Waals surface area (Å²) in [5.41, 5.74) is 1.39. The molecule has 178 valence electrons. The maximum atomic E-state index is 12.7. The first-order chi connectivity index (χ1) is 17.5. The Balaban J connectivity index is 1.46. The molecule has 4 aromatic rings. The van der Waals surface area contributed by atoms with Crippen LogP contribution in [-0.4, -0.2) is 17.9 Å². The van der Waals surface area contributed by atoms with Crippen molar-refractivity contribution in [1.82, 2.24) is 0 Å². The summed E-state index contributed by atoms with van der Waals surface area (Å²) in [4.78, 5) is 23.2. The molecule has 8 nitrogen and oxygen atoms in total. The first-order valence-electron chi connectivity index (χ1n) is 10.9. The molecule has 36 heavy (non-hydrogen) atoms. The van der Waals surface area contributed by atoms with Crippen LogP contribution in [0.3, 0.4) is 0 Å². The van der Waals surface area contributed by atoms with Gasteiger partial charge in [-0.25, -0.2) is 0 Å². The highest BCUT2D eigenvalue weighted by atomic mass is 16.6. The van der Waals surface area contributed by atoms with Gasteiger partial charge >= 0.3 is 0 Å². The zero-order chi connectivity index (χ0) is 25.5. The fourth-order valence-electron chi connectivity index (χ4n) is 3.65. The van der Waals surface area contributed by atoms with E-state index in [1.807, 2.05) is 30.3 Å². The van der Waals surface area contributed by atoms with Gasteiger partial charge in [0.2, 0.25) is 0 Å². The molecule has 1 amide bonds. The molecule has 4 rings (SSSR count). The zero-order valence-corrected chi connectivity index (χ0v) is 19.3. The number of carbonyl (C=O) groups is 1. The molecule has 1 N–H and O–H groups in total. The summed E-state index contributed by atoms with van der Waals surface area (Å²) in [5.74, 6) is 0.163. The molecule has 0 atom stereocenters. The van der Waals surface area contributed by atoms with Crippen molar-refractivity contribution in [2.75, 3.05) is 12.4 Å². The Morgan fingerprint density at radius 3 is 2.53 bits per heavy atom. The summed E-state index contributed by atoms with van der Waals surface area (Å²) in [5, 5.41) is 25.4. The maximum Gasteiger partial charge on any atom is 0.271 e. The van der Waals surface area contributed by atoms with E-state index in [0.29, 0.717) is 17.9 Å². The Labute approximate surface area is 207 Å². The molecule has 8 heteroatoms. The van der Waals surface area contributed by atoms with Gasteiger partial charge in [-0.3, -0.25) is 14.9 Å². The zero-order valence-electron chi connectivity index (χ0n) is 19.3. The molecule has 0 aromatic heterocycles. The normalized spacial score (nSPS) is 10.9. The van der Waals surface area contributed by atoms with Gasteiger partial charge in [-0.2, -0.15) is 5.26 Å². The number of amides is 1. The van der Waals surface area contributed by atoms with Crippen LogP contribution in [0, 0.1) is 21.4 Å². The van der Waals surface area contributed by atoms with Gasteiger partial charge in [0.05, 0.1) is 17.7 Å². The lowest BCUT2D eigenvalue weighted by molar-refractivity contribution is -0.384. The number of nitriles is 1. The van der Waals surface area contributed by atoms with Crippen LogP contribution in [0.15, 0.2) is 90.5 Å². The number of nitro benzene ring substituents is 1. The average molecular weight is 479 g/mol. The number of fused-ring (bicyclic) bond motifs is 1. The number of benzene rings is 4. The number of non-ortho nitro benzene ring substituents is 1. The van der Waals surface area contributed by atoms with Gasteiger partial charge in [0.25, 0.3) is 11.6 Å². The highest BCUT2D eigenvalue weighted by molar-refractivity contribution is 6.10. The summed E-state index contributed by atoms with van der Waals surface area (Å²) in [7, 11) is 1.38. The Morgan fingerprint density at radius 1 is 1.06 bits per heavy atom. The Kier molecular flexibility index (Phi) is 7.22. The Bertz CT molecular complexity index is 1500. The average Bonchev–Trinajstić information content (AvgIpc) is 2.91. The highest BCUT2D eigenvalue weighted by Crippen LogP contribution is 2.29. The van der Waals surface area contributed by atoms with Crippen molar-refractivity contribution in [1.29, 1.82) is 5.26 Å². The van der Waals surface area contributed by atoms with E-state index in [1.54, 1.807) is 24.3 Å². The SMILES string of the molecule is COc1ccc([N+](=O)[O-])cc1NC(=O)/C(C#N)=C/c1ccc(OCc2cccc3ccccc23)cc1. The van der Waals surface area contributed by atoms with E-state index in [0.717, 1.165) is 16.3 Å². The molecule has 0 unspecified atom stereocenters. The molecule has 0 heterocycles. The van der Waals surface area contributed by atoms with E-state index in [-0.39, 0.29) is 22.7 Å². The van der Waals surface area contributed by atoms with Crippen molar-refractivity contribution < 1.29 is 19.2 Å². The molecular weight excluding hydrogens is 458 g/mol. The van der Waals surface area contributed by atoms with Gasteiger partial charge < -0.3 is 14.8 Å². The van der Waals surface area contributed by atoms with Gasteiger partial charge in [0, 0.05) is 12.1 Å². The summed E-state index contributed by atoms with van der Waals surface area (Å²) in [6.07, 6.45) is 1.42. The predicted molar refractivity (Wildman–Crippen MR) is 137 cm³/mol. The second-order valence-electron chi connectivity index (χ2n) is 7.76. The lowest BCUT2D eigenvalue weighted by atomic mass is 10.1. The van der Waals surface area contributed by atoms with Gasteiger partial charge in [-0.15, -0.1) is 0 Å². The van der Waals surface area contributed by atoms with Crippen LogP contribution in [0.5, 0.6) is 11.5 Å². The van der Waals surface area contributed by atoms with E-state index < -0.39 is 10.8 Å². The largest absolute Gasteiger partial charge is 0.495 e. The lowest BCUT2D eigenvalue weighted by Gasteiger charge is -2.10. The third kappa shape index (κ3) is 5.48. The van der Waals surface area contributed by atoms with Crippen molar-refractivity contribution in [2.45, 2.75) is 6.61 Å². The Hall–Kier alpha value is -5.16. The second-order valence-corrected chi connectivity index (χ2v) is 7.76. The maximum absolute atomic E-state index is 12.7. The van der Waals surface area contributed by atoms with E-state index >= 15 is 0 Å². The van der Waals surface area contributed by atoms with Crippen LogP contribution in [0.1, 0.15) is 11.1 Å². The monoisotopic (exact) mass is 479 g/mol. The lowest BCUT2D eigenvalue weighted by Crippen LogP contribution is -2.14. The summed E-state index contributed by atoms with van der Waals surface area (Å²) in [6.45, 7) is 0.396. The smallest absolute Gasteiger partial charge is 0.271 e. The van der Waals surface area contributed by atoms with Gasteiger partial charge in [-0.1, -0.05) is 54.6 Å². The van der Waals surface area contributed by atoms with Crippen molar-refractivity contribution in [3.63, 3.8) is 0 Å². The number of nitrogens with one attached hydrogen (secondary N) is 1. The molecule has 0 saturated carbocycles. The molecule has 0 bridgehead atoms. The van der Waals surface area contributed by atoms with E-state index in [4.69, 9.17) is 9.47 Å². The minimum atomic E-state index is -0.715. The molecular formula is C28H21N3O5. The quantitative estimate of drug-likeness (QED) is 0.146. The van der Waals surface area contributed by atoms with Crippen LogP contribution in [0.2, 0.25) is 0 Å². The predicted octanol–water partition coefficient (Wildman–Crippen LogP) is 5.88. The van der Waals surface area contributed by atoms with Gasteiger partial charge in [0.15, 0.2) is 0 Å². The van der Waals surface area contributed by atoms with Crippen LogP contribution >= 0.6 is 0 Å². The fraction of sp³-hybridized carbons (Fsp3) is 0.0714. The molecule has 0 radical (unpaired) electrons. The number of anilines is 1. The molecule has 0 spiro atoms. The van der Waals surface area contributed by atoms with Gasteiger partial charge in [0.1, 0.15) is 29.7 Å². The van der Waals surface area contributed by atoms with Crippen molar-refractivity contribution in [3.8, 4) is 17.6 Å². The number of rotatable bonds is 8. The third-order valence-corrected chi connectivity index (χ3v) is 5.47. The minimum absolute atomic E-state index is 0.0926. The number of nitro groups is 1. The number of ether oxygens (including phenoxy) is 2. The van der Waals surface area contributed by atoms with Crippen LogP contribution in [0.25, 0.3) is 16.8 Å². The third-order valence-electron chi connectivity index (χ3n) is 5.47. The fourth-order valence-corrected chi connectivity index (χ4v) is 3.65. The first kappa shape index (κ1) is 24.0. The molecule has 4 aromatic carbocycles. The number of methoxy groups -OCH3 is 1. The topological polar surface area (TPSA) is 114 Å².